The number of hydrogen-bond donors (Lipinski definition) is 1. The predicted molar refractivity (Wildman–Crippen MR) is 96.3 cm³/mol. The molecule has 2 amide bonds. The Morgan fingerprint density at radius 2 is 2.17 bits per heavy atom. The van der Waals surface area contributed by atoms with Crippen LogP contribution in [0.25, 0.3) is 0 Å². The second-order valence-electron chi connectivity index (χ2n) is 5.52. The maximum atomic E-state index is 12.7. The number of benzene rings is 1. The number of rotatable bonds is 3. The maximum absolute atomic E-state index is 12.7. The summed E-state index contributed by atoms with van der Waals surface area (Å²) in [7, 11) is 0. The van der Waals surface area contributed by atoms with Crippen LogP contribution >= 0.6 is 23.4 Å². The average Bonchev–Trinajstić information content (AvgIpc) is 3.04. The lowest BCUT2D eigenvalue weighted by molar-refractivity contribution is -0.119. The van der Waals surface area contributed by atoms with E-state index in [1.165, 1.54) is 12.3 Å². The van der Waals surface area contributed by atoms with Gasteiger partial charge in [0.25, 0.3) is 5.91 Å². The number of aromatic nitrogens is 1. The van der Waals surface area contributed by atoms with Crippen LogP contribution in [0.1, 0.15) is 15.9 Å². The topological polar surface area (TPSA) is 62.3 Å². The number of amides is 2. The van der Waals surface area contributed by atoms with Gasteiger partial charge in [-0.05, 0) is 36.8 Å². The third-order valence-electron chi connectivity index (χ3n) is 3.70. The van der Waals surface area contributed by atoms with E-state index in [0.717, 1.165) is 11.3 Å². The molecule has 7 heteroatoms. The van der Waals surface area contributed by atoms with Crippen molar-refractivity contribution in [3.63, 3.8) is 0 Å². The van der Waals surface area contributed by atoms with E-state index in [2.05, 4.69) is 10.3 Å². The van der Waals surface area contributed by atoms with Gasteiger partial charge in [0.05, 0.1) is 5.88 Å². The van der Waals surface area contributed by atoms with Gasteiger partial charge < -0.3 is 10.2 Å². The molecule has 0 spiro atoms. The van der Waals surface area contributed by atoms with E-state index in [0.29, 0.717) is 17.2 Å². The predicted octanol–water partition coefficient (Wildman–Crippen LogP) is 3.20. The van der Waals surface area contributed by atoms with Crippen molar-refractivity contribution in [2.24, 2.45) is 0 Å². The summed E-state index contributed by atoms with van der Waals surface area (Å²) in [6.07, 6.45) is 1.49. The molecule has 1 unspecified atom stereocenters. The van der Waals surface area contributed by atoms with Crippen molar-refractivity contribution in [2.45, 2.75) is 13.0 Å². The number of aryl methyl sites for hydroxylation is 1. The number of pyridine rings is 1. The summed E-state index contributed by atoms with van der Waals surface area (Å²) in [5.74, 6) is 0.653. The lowest BCUT2D eigenvalue weighted by Gasteiger charge is -2.23. The van der Waals surface area contributed by atoms with Gasteiger partial charge in [0.1, 0.15) is 11.2 Å². The summed E-state index contributed by atoms with van der Waals surface area (Å²) in [5, 5.41) is 3.15. The van der Waals surface area contributed by atoms with Crippen LogP contribution < -0.4 is 5.32 Å². The number of carbonyl (C=O) groups excluding carboxylic acids is 2. The standard InChI is InChI=1S/C17H16ClN3O2S/c1-11-3-2-4-13(7-11)20-16(22)14-9-24-10-21(14)17(23)12-5-6-19-15(18)8-12/h2-8,14H,9-10H2,1H3,(H,20,22). The molecule has 0 saturated carbocycles. The molecule has 2 heterocycles. The Morgan fingerprint density at radius 3 is 2.92 bits per heavy atom. The van der Waals surface area contributed by atoms with Gasteiger partial charge in [0, 0.05) is 23.2 Å². The van der Waals surface area contributed by atoms with Crippen molar-refractivity contribution in [3.05, 3.63) is 58.9 Å². The number of hydrogen-bond acceptors (Lipinski definition) is 4. The SMILES string of the molecule is Cc1cccc(NC(=O)C2CSCN2C(=O)c2ccnc(Cl)c2)c1. The molecule has 124 valence electrons. The summed E-state index contributed by atoms with van der Waals surface area (Å²) >= 11 is 7.41. The molecule has 5 nitrogen and oxygen atoms in total. The fourth-order valence-electron chi connectivity index (χ4n) is 2.51. The largest absolute Gasteiger partial charge is 0.324 e. The van der Waals surface area contributed by atoms with E-state index >= 15 is 0 Å². The van der Waals surface area contributed by atoms with Crippen LogP contribution in [0.4, 0.5) is 5.69 Å². The van der Waals surface area contributed by atoms with Crippen molar-refractivity contribution in [2.75, 3.05) is 16.9 Å². The summed E-state index contributed by atoms with van der Waals surface area (Å²) in [6, 6.07) is 10.2. The first-order valence-corrected chi connectivity index (χ1v) is 8.95. The summed E-state index contributed by atoms with van der Waals surface area (Å²) in [6.45, 7) is 1.96. The van der Waals surface area contributed by atoms with Crippen molar-refractivity contribution < 1.29 is 9.59 Å². The van der Waals surface area contributed by atoms with Crippen LogP contribution in [-0.4, -0.2) is 39.4 Å². The molecule has 0 aliphatic carbocycles. The first-order chi connectivity index (χ1) is 11.5. The van der Waals surface area contributed by atoms with E-state index in [-0.39, 0.29) is 17.0 Å². The number of carbonyl (C=O) groups is 2. The Balaban J connectivity index is 1.75. The van der Waals surface area contributed by atoms with Gasteiger partial charge in [0.15, 0.2) is 0 Å². The smallest absolute Gasteiger partial charge is 0.255 e. The molecule has 24 heavy (non-hydrogen) atoms. The first kappa shape index (κ1) is 16.8. The van der Waals surface area contributed by atoms with Crippen LogP contribution in [-0.2, 0) is 4.79 Å². The molecule has 1 aromatic heterocycles. The summed E-state index contributed by atoms with van der Waals surface area (Å²) in [4.78, 5) is 30.7. The minimum absolute atomic E-state index is 0.181. The monoisotopic (exact) mass is 361 g/mol. The van der Waals surface area contributed by atoms with Crippen LogP contribution in [0.2, 0.25) is 5.15 Å². The minimum atomic E-state index is -0.505. The van der Waals surface area contributed by atoms with Crippen molar-refractivity contribution in [1.29, 1.82) is 0 Å². The molecular formula is C17H16ClN3O2S. The molecule has 0 radical (unpaired) electrons. The molecular weight excluding hydrogens is 346 g/mol. The van der Waals surface area contributed by atoms with E-state index in [1.54, 1.807) is 22.7 Å². The Bertz CT molecular complexity index is 784. The number of thioether (sulfide) groups is 1. The minimum Gasteiger partial charge on any atom is -0.324 e. The van der Waals surface area contributed by atoms with Gasteiger partial charge in [-0.1, -0.05) is 23.7 Å². The van der Waals surface area contributed by atoms with Gasteiger partial charge in [-0.3, -0.25) is 9.59 Å². The first-order valence-electron chi connectivity index (χ1n) is 7.42. The Kier molecular flexibility index (Phi) is 5.06. The molecule has 1 aliphatic rings. The highest BCUT2D eigenvalue weighted by Gasteiger charge is 2.35. The van der Waals surface area contributed by atoms with E-state index in [4.69, 9.17) is 11.6 Å². The number of nitrogens with zero attached hydrogens (tertiary/aromatic N) is 2. The van der Waals surface area contributed by atoms with Crippen LogP contribution in [0, 0.1) is 6.92 Å². The third-order valence-corrected chi connectivity index (χ3v) is 4.92. The highest BCUT2D eigenvalue weighted by molar-refractivity contribution is 7.99. The normalized spacial score (nSPS) is 16.9. The molecule has 1 aliphatic heterocycles. The van der Waals surface area contributed by atoms with Crippen LogP contribution in [0.3, 0.4) is 0 Å². The number of anilines is 1. The van der Waals surface area contributed by atoms with Crippen molar-refractivity contribution >= 4 is 40.9 Å². The van der Waals surface area contributed by atoms with E-state index < -0.39 is 6.04 Å². The Hall–Kier alpha value is -2.05. The zero-order chi connectivity index (χ0) is 17.1. The average molecular weight is 362 g/mol. The second-order valence-corrected chi connectivity index (χ2v) is 6.90. The van der Waals surface area contributed by atoms with Gasteiger partial charge >= 0.3 is 0 Å². The lowest BCUT2D eigenvalue weighted by Crippen LogP contribution is -2.44. The van der Waals surface area contributed by atoms with Gasteiger partial charge in [-0.15, -0.1) is 11.8 Å². The molecule has 1 saturated heterocycles. The molecule has 2 aromatic rings. The van der Waals surface area contributed by atoms with E-state index in [1.807, 2.05) is 31.2 Å². The second kappa shape index (κ2) is 7.23. The molecule has 1 atom stereocenters. The Morgan fingerprint density at radius 1 is 1.33 bits per heavy atom. The third kappa shape index (κ3) is 3.71. The molecule has 1 N–H and O–H groups in total. The van der Waals surface area contributed by atoms with Gasteiger partial charge in [-0.25, -0.2) is 4.98 Å². The van der Waals surface area contributed by atoms with Gasteiger partial charge in [-0.2, -0.15) is 0 Å². The highest BCUT2D eigenvalue weighted by atomic mass is 35.5. The van der Waals surface area contributed by atoms with E-state index in [9.17, 15) is 9.59 Å². The van der Waals surface area contributed by atoms with Crippen LogP contribution in [0.5, 0.6) is 0 Å². The maximum Gasteiger partial charge on any atom is 0.255 e. The quantitative estimate of drug-likeness (QED) is 0.853. The fourth-order valence-corrected chi connectivity index (χ4v) is 3.84. The lowest BCUT2D eigenvalue weighted by atomic mass is 10.2. The highest BCUT2D eigenvalue weighted by Crippen LogP contribution is 2.25. The van der Waals surface area contributed by atoms with Crippen molar-refractivity contribution in [1.82, 2.24) is 9.88 Å². The fraction of sp³-hybridized carbons (Fsp3) is 0.235. The molecule has 1 fully saturated rings. The summed E-state index contributed by atoms with van der Waals surface area (Å²) < 4.78 is 0. The summed E-state index contributed by atoms with van der Waals surface area (Å²) in [5.41, 5.74) is 2.23. The van der Waals surface area contributed by atoms with Crippen LogP contribution in [0.15, 0.2) is 42.6 Å². The number of nitrogens with one attached hydrogen (secondary N) is 1. The molecule has 3 rings (SSSR count). The number of halogens is 1. The molecule has 0 bridgehead atoms. The zero-order valence-corrected chi connectivity index (χ0v) is 14.6. The zero-order valence-electron chi connectivity index (χ0n) is 13.0. The van der Waals surface area contributed by atoms with Gasteiger partial charge in [0.2, 0.25) is 5.91 Å². The van der Waals surface area contributed by atoms with Crippen molar-refractivity contribution in [3.8, 4) is 0 Å². The Labute approximate surface area is 149 Å². The molecule has 1 aromatic carbocycles.